The molecular formula is C16H18N2O2. The average molecular weight is 270 g/mol. The van der Waals surface area contributed by atoms with E-state index in [9.17, 15) is 4.79 Å². The highest BCUT2D eigenvalue weighted by atomic mass is 16.5. The molecule has 0 N–H and O–H groups in total. The van der Waals surface area contributed by atoms with Gasteiger partial charge in [0.1, 0.15) is 11.9 Å². The number of carbonyl (C=O) groups is 1. The first-order valence-corrected chi connectivity index (χ1v) is 6.81. The Labute approximate surface area is 118 Å². The number of benzene rings is 1. The Morgan fingerprint density at radius 2 is 1.80 bits per heavy atom. The fraction of sp³-hybridized carbons (Fsp3) is 0.312. The zero-order valence-corrected chi connectivity index (χ0v) is 11.7. The largest absolute Gasteiger partial charge is 0.454 e. The first kappa shape index (κ1) is 14.2. The maximum atomic E-state index is 12.1. The van der Waals surface area contributed by atoms with Crippen molar-refractivity contribution in [1.82, 2.24) is 9.97 Å². The van der Waals surface area contributed by atoms with Crippen LogP contribution in [0.15, 0.2) is 42.7 Å². The van der Waals surface area contributed by atoms with E-state index in [-0.39, 0.29) is 12.1 Å². The molecule has 0 radical (unpaired) electrons. The van der Waals surface area contributed by atoms with Crippen molar-refractivity contribution in [2.45, 2.75) is 32.8 Å². The van der Waals surface area contributed by atoms with Crippen molar-refractivity contribution in [1.29, 1.82) is 0 Å². The van der Waals surface area contributed by atoms with Crippen LogP contribution in [0.3, 0.4) is 0 Å². The number of rotatable bonds is 5. The highest BCUT2D eigenvalue weighted by molar-refractivity contribution is 5.88. The summed E-state index contributed by atoms with van der Waals surface area (Å²) in [5.74, 6) is 0.333. The van der Waals surface area contributed by atoms with Gasteiger partial charge in [-0.1, -0.05) is 44.2 Å². The lowest BCUT2D eigenvalue weighted by Gasteiger charge is -2.16. The van der Waals surface area contributed by atoms with Gasteiger partial charge in [0.15, 0.2) is 0 Å². The first-order valence-electron chi connectivity index (χ1n) is 6.81. The molecule has 1 atom stereocenters. The molecule has 2 rings (SSSR count). The summed E-state index contributed by atoms with van der Waals surface area (Å²) in [5.41, 5.74) is 1.38. The van der Waals surface area contributed by atoms with E-state index in [0.717, 1.165) is 24.2 Å². The van der Waals surface area contributed by atoms with Crippen molar-refractivity contribution in [2.75, 3.05) is 0 Å². The van der Waals surface area contributed by atoms with E-state index in [2.05, 4.69) is 9.97 Å². The van der Waals surface area contributed by atoms with Crippen molar-refractivity contribution in [2.24, 2.45) is 0 Å². The summed E-state index contributed by atoms with van der Waals surface area (Å²) in [7, 11) is 0. The Morgan fingerprint density at radius 1 is 1.15 bits per heavy atom. The number of carbonyl (C=O) groups excluding carboxylic acids is 1. The van der Waals surface area contributed by atoms with Crippen molar-refractivity contribution in [3.63, 3.8) is 0 Å². The lowest BCUT2D eigenvalue weighted by Crippen LogP contribution is -2.12. The summed E-state index contributed by atoms with van der Waals surface area (Å²) < 4.78 is 5.53. The third-order valence-corrected chi connectivity index (χ3v) is 3.05. The van der Waals surface area contributed by atoms with Gasteiger partial charge in [0, 0.05) is 18.8 Å². The molecule has 0 aliphatic rings. The summed E-state index contributed by atoms with van der Waals surface area (Å²) in [6.07, 6.45) is 4.27. The van der Waals surface area contributed by atoms with Crippen molar-refractivity contribution in [3.05, 3.63) is 59.7 Å². The molecule has 20 heavy (non-hydrogen) atoms. The number of hydrogen-bond acceptors (Lipinski definition) is 4. The van der Waals surface area contributed by atoms with Gasteiger partial charge in [0.05, 0.1) is 5.56 Å². The maximum absolute atomic E-state index is 12.1. The molecule has 0 aliphatic carbocycles. The molecule has 4 nitrogen and oxygen atoms in total. The Bertz CT molecular complexity index is 552. The first-order chi connectivity index (χ1) is 9.74. The Balaban J connectivity index is 2.09. The van der Waals surface area contributed by atoms with Crippen LogP contribution >= 0.6 is 0 Å². The smallest absolute Gasteiger partial charge is 0.341 e. The number of ether oxygens (including phenoxy) is 1. The molecular weight excluding hydrogens is 252 g/mol. The van der Waals surface area contributed by atoms with E-state index >= 15 is 0 Å². The molecule has 0 spiro atoms. The second kappa shape index (κ2) is 6.80. The quantitative estimate of drug-likeness (QED) is 0.782. The van der Waals surface area contributed by atoms with E-state index < -0.39 is 0 Å². The minimum atomic E-state index is -0.386. The van der Waals surface area contributed by atoms with Crippen LogP contribution in [0.1, 0.15) is 48.1 Å². The van der Waals surface area contributed by atoms with Crippen molar-refractivity contribution < 1.29 is 9.53 Å². The molecule has 104 valence electrons. The second-order valence-electron chi connectivity index (χ2n) is 4.45. The van der Waals surface area contributed by atoms with E-state index in [1.807, 2.05) is 44.2 Å². The molecule has 2 aromatic rings. The topological polar surface area (TPSA) is 52.1 Å². The number of aryl methyl sites for hydroxylation is 1. The molecule has 1 unspecified atom stereocenters. The maximum Gasteiger partial charge on any atom is 0.341 e. The third-order valence-electron chi connectivity index (χ3n) is 3.05. The molecule has 4 heteroatoms. The monoisotopic (exact) mass is 270 g/mol. The zero-order valence-electron chi connectivity index (χ0n) is 11.7. The van der Waals surface area contributed by atoms with E-state index in [1.54, 1.807) is 0 Å². The highest BCUT2D eigenvalue weighted by Gasteiger charge is 2.16. The van der Waals surface area contributed by atoms with Crippen molar-refractivity contribution in [3.8, 4) is 0 Å². The normalized spacial score (nSPS) is 11.9. The highest BCUT2D eigenvalue weighted by Crippen LogP contribution is 2.21. The Morgan fingerprint density at radius 3 is 2.35 bits per heavy atom. The van der Waals surface area contributed by atoms with E-state index in [4.69, 9.17) is 4.74 Å². The van der Waals surface area contributed by atoms with Crippen LogP contribution in [0.5, 0.6) is 0 Å². The number of hydrogen-bond donors (Lipinski definition) is 0. The van der Waals surface area contributed by atoms with Gasteiger partial charge in [-0.2, -0.15) is 0 Å². The predicted octanol–water partition coefficient (Wildman–Crippen LogP) is 3.35. The van der Waals surface area contributed by atoms with Gasteiger partial charge in [-0.25, -0.2) is 14.8 Å². The van der Waals surface area contributed by atoms with Crippen LogP contribution in [0, 0.1) is 0 Å². The Hall–Kier alpha value is -2.23. The van der Waals surface area contributed by atoms with Crippen LogP contribution in [0.4, 0.5) is 0 Å². The van der Waals surface area contributed by atoms with Gasteiger partial charge in [0.2, 0.25) is 0 Å². The summed E-state index contributed by atoms with van der Waals surface area (Å²) >= 11 is 0. The number of aromatic nitrogens is 2. The van der Waals surface area contributed by atoms with Crippen LogP contribution in [0.25, 0.3) is 0 Å². The number of nitrogens with zero attached hydrogens (tertiary/aromatic N) is 2. The molecule has 0 amide bonds. The minimum Gasteiger partial charge on any atom is -0.454 e. The second-order valence-corrected chi connectivity index (χ2v) is 4.45. The third kappa shape index (κ3) is 3.41. The SMILES string of the molecule is CCc1ncc(C(=O)OC(CC)c2ccccc2)cn1. The van der Waals surface area contributed by atoms with Crippen LogP contribution in [-0.4, -0.2) is 15.9 Å². The van der Waals surface area contributed by atoms with Gasteiger partial charge in [-0.05, 0) is 12.0 Å². The summed E-state index contributed by atoms with van der Waals surface area (Å²) in [4.78, 5) is 20.3. The molecule has 0 fully saturated rings. The van der Waals surface area contributed by atoms with Crippen molar-refractivity contribution >= 4 is 5.97 Å². The Kier molecular flexibility index (Phi) is 4.82. The zero-order chi connectivity index (χ0) is 14.4. The molecule has 0 bridgehead atoms. The molecule has 1 heterocycles. The summed E-state index contributed by atoms with van der Waals surface area (Å²) in [6, 6.07) is 9.72. The van der Waals surface area contributed by atoms with Gasteiger partial charge in [-0.3, -0.25) is 0 Å². The minimum absolute atomic E-state index is 0.241. The molecule has 0 saturated carbocycles. The lowest BCUT2D eigenvalue weighted by molar-refractivity contribution is 0.0287. The average Bonchev–Trinajstić information content (AvgIpc) is 2.53. The lowest BCUT2D eigenvalue weighted by atomic mass is 10.1. The fourth-order valence-electron chi connectivity index (χ4n) is 1.89. The predicted molar refractivity (Wildman–Crippen MR) is 76.3 cm³/mol. The summed E-state index contributed by atoms with van der Waals surface area (Å²) in [5, 5.41) is 0. The van der Waals surface area contributed by atoms with Crippen LogP contribution in [-0.2, 0) is 11.2 Å². The van der Waals surface area contributed by atoms with Gasteiger partial charge in [-0.15, -0.1) is 0 Å². The number of esters is 1. The summed E-state index contributed by atoms with van der Waals surface area (Å²) in [6.45, 7) is 3.96. The van der Waals surface area contributed by atoms with Gasteiger partial charge < -0.3 is 4.74 Å². The molecule has 1 aromatic carbocycles. The van der Waals surface area contributed by atoms with E-state index in [1.165, 1.54) is 12.4 Å². The standard InChI is InChI=1S/C16H18N2O2/c1-3-14(12-8-6-5-7-9-12)20-16(19)13-10-17-15(4-2)18-11-13/h5-11,14H,3-4H2,1-2H3. The van der Waals surface area contributed by atoms with Crippen LogP contribution in [0.2, 0.25) is 0 Å². The van der Waals surface area contributed by atoms with E-state index in [0.29, 0.717) is 5.56 Å². The van der Waals surface area contributed by atoms with Gasteiger partial charge >= 0.3 is 5.97 Å². The fourth-order valence-corrected chi connectivity index (χ4v) is 1.89. The van der Waals surface area contributed by atoms with Gasteiger partial charge in [0.25, 0.3) is 0 Å². The molecule has 0 aliphatic heterocycles. The van der Waals surface area contributed by atoms with Crippen LogP contribution < -0.4 is 0 Å². The molecule has 0 saturated heterocycles. The molecule has 1 aromatic heterocycles.